The molecular weight excluding hydrogens is 192 g/mol. The number of ether oxygens (including phenoxy) is 1. The summed E-state index contributed by atoms with van der Waals surface area (Å²) < 4.78 is 5.36. The largest absolute Gasteiger partial charge is 0.481 e. The first-order valence-electron chi connectivity index (χ1n) is 4.73. The highest BCUT2D eigenvalue weighted by Crippen LogP contribution is 2.32. The van der Waals surface area contributed by atoms with E-state index in [2.05, 4.69) is 5.32 Å². The number of nitrogens with one attached hydrogen (secondary N) is 1. The summed E-state index contributed by atoms with van der Waals surface area (Å²) in [6.45, 7) is 0.552. The maximum Gasteiger partial charge on any atom is 0.262 e. The highest BCUT2D eigenvalue weighted by Gasteiger charge is 2.17. The lowest BCUT2D eigenvalue weighted by atomic mass is 10.1. The molecule has 0 fully saturated rings. The van der Waals surface area contributed by atoms with Gasteiger partial charge in [0.15, 0.2) is 12.4 Å². The van der Waals surface area contributed by atoms with E-state index >= 15 is 0 Å². The fourth-order valence-electron chi connectivity index (χ4n) is 1.46. The molecule has 4 heteroatoms. The van der Waals surface area contributed by atoms with Gasteiger partial charge in [0.05, 0.1) is 5.69 Å². The molecular formula is C11H12N2O2. The lowest BCUT2D eigenvalue weighted by molar-refractivity contribution is -0.118. The number of nitrogens with two attached hydrogens (primary N) is 1. The molecule has 78 valence electrons. The van der Waals surface area contributed by atoms with E-state index in [1.807, 2.05) is 30.4 Å². The molecule has 3 N–H and O–H groups in total. The Balaban J connectivity index is 2.37. The van der Waals surface area contributed by atoms with Gasteiger partial charge in [-0.25, -0.2) is 0 Å². The van der Waals surface area contributed by atoms with E-state index in [0.29, 0.717) is 18.0 Å². The molecule has 15 heavy (non-hydrogen) atoms. The molecule has 0 aromatic heterocycles. The summed E-state index contributed by atoms with van der Waals surface area (Å²) in [5.41, 5.74) is 7.02. The number of hydrogen-bond acceptors (Lipinski definition) is 3. The average molecular weight is 204 g/mol. The molecule has 0 saturated carbocycles. The van der Waals surface area contributed by atoms with Gasteiger partial charge in [-0.15, -0.1) is 0 Å². The van der Waals surface area contributed by atoms with Gasteiger partial charge in [-0.2, -0.15) is 0 Å². The Bertz CT molecular complexity index is 413. The predicted octanol–water partition coefficient (Wildman–Crippen LogP) is 0.989. The number of anilines is 1. The number of benzene rings is 1. The summed E-state index contributed by atoms with van der Waals surface area (Å²) in [4.78, 5) is 11.1. The quantitative estimate of drug-likeness (QED) is 0.755. The lowest BCUT2D eigenvalue weighted by Gasteiger charge is -2.19. The van der Waals surface area contributed by atoms with Crippen LogP contribution in [-0.4, -0.2) is 19.1 Å². The smallest absolute Gasteiger partial charge is 0.262 e. The van der Waals surface area contributed by atoms with Gasteiger partial charge in [0.1, 0.15) is 0 Å². The van der Waals surface area contributed by atoms with E-state index in [-0.39, 0.29) is 12.5 Å². The molecule has 1 aliphatic rings. The molecule has 1 amide bonds. The first-order valence-corrected chi connectivity index (χ1v) is 4.73. The van der Waals surface area contributed by atoms with Crippen LogP contribution in [0.2, 0.25) is 0 Å². The van der Waals surface area contributed by atoms with E-state index in [1.54, 1.807) is 0 Å². The third-order valence-electron chi connectivity index (χ3n) is 2.10. The lowest BCUT2D eigenvalue weighted by Crippen LogP contribution is -2.25. The van der Waals surface area contributed by atoms with Crippen molar-refractivity contribution in [1.82, 2.24) is 0 Å². The fraction of sp³-hybridized carbons (Fsp3) is 0.182. The Morgan fingerprint density at radius 1 is 1.53 bits per heavy atom. The van der Waals surface area contributed by atoms with Gasteiger partial charge in [-0.3, -0.25) is 4.79 Å². The maximum atomic E-state index is 11.1. The van der Waals surface area contributed by atoms with Crippen LogP contribution in [0.5, 0.6) is 5.75 Å². The molecule has 0 spiro atoms. The van der Waals surface area contributed by atoms with Gasteiger partial charge in [0.2, 0.25) is 0 Å². The molecule has 0 aliphatic carbocycles. The summed E-state index contributed by atoms with van der Waals surface area (Å²) in [5.74, 6) is 0.587. The van der Waals surface area contributed by atoms with Crippen LogP contribution < -0.4 is 15.8 Å². The minimum absolute atomic E-state index is 0.0699. The predicted molar refractivity (Wildman–Crippen MR) is 58.7 cm³/mol. The zero-order valence-corrected chi connectivity index (χ0v) is 8.19. The number of para-hydroxylation sites is 1. The van der Waals surface area contributed by atoms with E-state index in [1.165, 1.54) is 0 Å². The fourth-order valence-corrected chi connectivity index (χ4v) is 1.46. The Morgan fingerprint density at radius 2 is 2.40 bits per heavy atom. The first-order chi connectivity index (χ1) is 7.31. The van der Waals surface area contributed by atoms with E-state index < -0.39 is 0 Å². The van der Waals surface area contributed by atoms with Crippen LogP contribution in [0.3, 0.4) is 0 Å². The topological polar surface area (TPSA) is 64.3 Å². The van der Waals surface area contributed by atoms with Crippen molar-refractivity contribution in [3.05, 3.63) is 29.8 Å². The molecule has 0 radical (unpaired) electrons. The number of carbonyl (C=O) groups is 1. The Kier molecular flexibility index (Phi) is 2.69. The van der Waals surface area contributed by atoms with Crippen molar-refractivity contribution in [2.75, 3.05) is 18.5 Å². The molecule has 0 saturated heterocycles. The molecule has 1 aliphatic heterocycles. The molecule has 0 atom stereocenters. The Morgan fingerprint density at radius 3 is 3.20 bits per heavy atom. The van der Waals surface area contributed by atoms with Gasteiger partial charge in [-0.05, 0) is 6.07 Å². The normalized spacial score (nSPS) is 14.6. The zero-order chi connectivity index (χ0) is 10.7. The average Bonchev–Trinajstić information content (AvgIpc) is 2.25. The molecule has 0 bridgehead atoms. The van der Waals surface area contributed by atoms with E-state index in [4.69, 9.17) is 10.5 Å². The summed E-state index contributed by atoms with van der Waals surface area (Å²) >= 11 is 0. The SMILES string of the molecule is NC/C=C/c1cccc2c1OCC(=O)N2. The van der Waals surface area contributed by atoms with Crippen molar-refractivity contribution in [2.45, 2.75) is 0 Å². The van der Waals surface area contributed by atoms with Crippen LogP contribution in [0.4, 0.5) is 5.69 Å². The number of hydrogen-bond donors (Lipinski definition) is 2. The number of fused-ring (bicyclic) bond motifs is 1. The first kappa shape index (κ1) is 9.73. The van der Waals surface area contributed by atoms with Crippen LogP contribution in [0, 0.1) is 0 Å². The Labute approximate surface area is 87.7 Å². The van der Waals surface area contributed by atoms with E-state index in [9.17, 15) is 4.79 Å². The molecule has 1 heterocycles. The van der Waals surface area contributed by atoms with Crippen LogP contribution >= 0.6 is 0 Å². The van der Waals surface area contributed by atoms with Gasteiger partial charge < -0.3 is 15.8 Å². The van der Waals surface area contributed by atoms with Crippen LogP contribution in [0.25, 0.3) is 6.08 Å². The second kappa shape index (κ2) is 4.14. The maximum absolute atomic E-state index is 11.1. The second-order valence-electron chi connectivity index (χ2n) is 3.20. The molecule has 4 nitrogen and oxygen atoms in total. The molecule has 1 aromatic rings. The minimum Gasteiger partial charge on any atom is -0.481 e. The molecule has 0 unspecified atom stereocenters. The van der Waals surface area contributed by atoms with Gasteiger partial charge >= 0.3 is 0 Å². The number of carbonyl (C=O) groups excluding carboxylic acids is 1. The monoisotopic (exact) mass is 204 g/mol. The van der Waals surface area contributed by atoms with E-state index in [0.717, 1.165) is 5.56 Å². The van der Waals surface area contributed by atoms with Crippen molar-refractivity contribution < 1.29 is 9.53 Å². The minimum atomic E-state index is -0.123. The number of amides is 1. The zero-order valence-electron chi connectivity index (χ0n) is 8.19. The summed E-state index contributed by atoms with van der Waals surface area (Å²) in [5, 5.41) is 2.75. The summed E-state index contributed by atoms with van der Waals surface area (Å²) in [6.07, 6.45) is 3.73. The van der Waals surface area contributed by atoms with Crippen molar-refractivity contribution in [3.63, 3.8) is 0 Å². The molecule has 2 rings (SSSR count). The summed E-state index contributed by atoms with van der Waals surface area (Å²) in [6, 6.07) is 5.60. The van der Waals surface area contributed by atoms with Crippen LogP contribution in [0.1, 0.15) is 5.56 Å². The van der Waals surface area contributed by atoms with Gasteiger partial charge in [0, 0.05) is 12.1 Å². The van der Waals surface area contributed by atoms with Crippen molar-refractivity contribution in [2.24, 2.45) is 5.73 Å². The second-order valence-corrected chi connectivity index (χ2v) is 3.20. The van der Waals surface area contributed by atoms with Gasteiger partial charge in [0.25, 0.3) is 5.91 Å². The third kappa shape index (κ3) is 1.99. The molecule has 1 aromatic carbocycles. The van der Waals surface area contributed by atoms with Crippen molar-refractivity contribution >= 4 is 17.7 Å². The van der Waals surface area contributed by atoms with Crippen molar-refractivity contribution in [3.8, 4) is 5.75 Å². The standard InChI is InChI=1S/C11H12N2O2/c12-6-2-4-8-3-1-5-9-11(8)15-7-10(14)13-9/h1-5H,6-7,12H2,(H,13,14)/b4-2+. The Hall–Kier alpha value is -1.81. The van der Waals surface area contributed by atoms with Gasteiger partial charge in [-0.1, -0.05) is 24.3 Å². The van der Waals surface area contributed by atoms with Crippen LogP contribution in [0.15, 0.2) is 24.3 Å². The van der Waals surface area contributed by atoms with Crippen molar-refractivity contribution in [1.29, 1.82) is 0 Å². The van der Waals surface area contributed by atoms with Crippen LogP contribution in [-0.2, 0) is 4.79 Å². The number of rotatable bonds is 2. The highest BCUT2D eigenvalue weighted by molar-refractivity contribution is 5.96. The summed E-state index contributed by atoms with van der Waals surface area (Å²) in [7, 11) is 0. The highest BCUT2D eigenvalue weighted by atomic mass is 16.5. The third-order valence-corrected chi connectivity index (χ3v) is 2.10.